The summed E-state index contributed by atoms with van der Waals surface area (Å²) < 4.78 is 0. The van der Waals surface area contributed by atoms with Gasteiger partial charge in [0.25, 0.3) is 0 Å². The summed E-state index contributed by atoms with van der Waals surface area (Å²) in [6, 6.07) is 7.62. The van der Waals surface area contributed by atoms with Gasteiger partial charge >= 0.3 is 0 Å². The summed E-state index contributed by atoms with van der Waals surface area (Å²) in [6.07, 6.45) is 4.77. The fourth-order valence-corrected chi connectivity index (χ4v) is 3.50. The summed E-state index contributed by atoms with van der Waals surface area (Å²) in [7, 11) is 0. The molecule has 1 N–H and O–H groups in total. The number of aromatic amines is 1. The fourth-order valence-electron chi connectivity index (χ4n) is 3.50. The lowest BCUT2D eigenvalue weighted by Gasteiger charge is -2.21. The highest BCUT2D eigenvalue weighted by atomic mass is 16.6. The van der Waals surface area contributed by atoms with Gasteiger partial charge in [0.15, 0.2) is 0 Å². The van der Waals surface area contributed by atoms with Gasteiger partial charge in [-0.25, -0.2) is 0 Å². The molecule has 2 rings (SSSR count). The van der Waals surface area contributed by atoms with E-state index in [0.717, 1.165) is 47.8 Å². The molecule has 120 valence electrons. The van der Waals surface area contributed by atoms with Crippen molar-refractivity contribution in [1.82, 2.24) is 4.98 Å². The van der Waals surface area contributed by atoms with E-state index < -0.39 is 6.04 Å². The van der Waals surface area contributed by atoms with Crippen LogP contribution in [0.25, 0.3) is 10.9 Å². The van der Waals surface area contributed by atoms with Gasteiger partial charge in [-0.1, -0.05) is 51.3 Å². The summed E-state index contributed by atoms with van der Waals surface area (Å²) in [5.41, 5.74) is 3.30. The van der Waals surface area contributed by atoms with Crippen molar-refractivity contribution < 1.29 is 4.92 Å². The maximum absolute atomic E-state index is 11.5. The van der Waals surface area contributed by atoms with Crippen LogP contribution < -0.4 is 0 Å². The van der Waals surface area contributed by atoms with Crippen LogP contribution in [0, 0.1) is 17.0 Å². The molecule has 4 heteroatoms. The van der Waals surface area contributed by atoms with Gasteiger partial charge in [0.1, 0.15) is 0 Å². The second-order valence-corrected chi connectivity index (χ2v) is 6.07. The SMILES string of the molecule is CCCCCC(c1c(C)[nH]c2ccccc12)C(CC)[N+](=O)[O-]. The highest BCUT2D eigenvalue weighted by molar-refractivity contribution is 5.85. The standard InChI is InChI=1S/C18H26N2O2/c1-4-6-7-11-15(17(5-2)20(21)22)18-13(3)19-16-12-9-8-10-14(16)18/h8-10,12,15,17,19H,4-7,11H2,1-3H3. The average molecular weight is 302 g/mol. The summed E-state index contributed by atoms with van der Waals surface area (Å²) in [6.45, 7) is 6.12. The smallest absolute Gasteiger partial charge is 0.219 e. The van der Waals surface area contributed by atoms with E-state index in [9.17, 15) is 10.1 Å². The van der Waals surface area contributed by atoms with E-state index in [4.69, 9.17) is 0 Å². The highest BCUT2D eigenvalue weighted by Gasteiger charge is 2.33. The first kappa shape index (κ1) is 16.5. The number of aryl methyl sites for hydroxylation is 1. The lowest BCUT2D eigenvalue weighted by molar-refractivity contribution is -0.527. The van der Waals surface area contributed by atoms with Gasteiger partial charge in [0, 0.05) is 27.9 Å². The Labute approximate surface area is 132 Å². The Kier molecular flexibility index (Phi) is 5.58. The number of unbranched alkanes of at least 4 members (excludes halogenated alkanes) is 2. The van der Waals surface area contributed by atoms with Crippen LogP contribution in [0.1, 0.15) is 63.1 Å². The Balaban J connectivity index is 2.45. The molecule has 0 saturated heterocycles. The molecule has 4 nitrogen and oxygen atoms in total. The Morgan fingerprint density at radius 1 is 1.23 bits per heavy atom. The molecule has 0 aliphatic carbocycles. The molecule has 2 aromatic rings. The Hall–Kier alpha value is -1.84. The van der Waals surface area contributed by atoms with Gasteiger partial charge in [-0.05, 0) is 25.0 Å². The number of hydrogen-bond donors (Lipinski definition) is 1. The maximum Gasteiger partial charge on any atom is 0.219 e. The molecule has 0 bridgehead atoms. The molecule has 0 saturated carbocycles. The zero-order valence-electron chi connectivity index (χ0n) is 13.8. The normalized spacial score (nSPS) is 14.1. The van der Waals surface area contributed by atoms with E-state index in [-0.39, 0.29) is 10.8 Å². The molecule has 1 aromatic heterocycles. The van der Waals surface area contributed by atoms with Crippen molar-refractivity contribution in [2.45, 2.75) is 64.8 Å². The van der Waals surface area contributed by atoms with Crippen molar-refractivity contribution in [2.24, 2.45) is 0 Å². The molecular weight excluding hydrogens is 276 g/mol. The van der Waals surface area contributed by atoms with Gasteiger partial charge in [0.2, 0.25) is 6.04 Å². The molecule has 0 radical (unpaired) electrons. The van der Waals surface area contributed by atoms with Gasteiger partial charge < -0.3 is 4.98 Å². The second kappa shape index (κ2) is 7.43. The minimum absolute atomic E-state index is 0.0114. The topological polar surface area (TPSA) is 58.9 Å². The predicted molar refractivity (Wildman–Crippen MR) is 91.0 cm³/mol. The van der Waals surface area contributed by atoms with Crippen LogP contribution in [-0.2, 0) is 0 Å². The highest BCUT2D eigenvalue weighted by Crippen LogP contribution is 2.36. The number of H-pyrrole nitrogens is 1. The van der Waals surface area contributed by atoms with E-state index >= 15 is 0 Å². The van der Waals surface area contributed by atoms with E-state index in [1.54, 1.807) is 0 Å². The van der Waals surface area contributed by atoms with Crippen LogP contribution in [0.5, 0.6) is 0 Å². The molecule has 0 spiro atoms. The molecular formula is C18H26N2O2. The van der Waals surface area contributed by atoms with E-state index in [2.05, 4.69) is 18.0 Å². The molecule has 22 heavy (non-hydrogen) atoms. The first-order valence-electron chi connectivity index (χ1n) is 8.30. The van der Waals surface area contributed by atoms with Crippen LogP contribution in [0.4, 0.5) is 0 Å². The fraction of sp³-hybridized carbons (Fsp3) is 0.556. The number of aromatic nitrogens is 1. The van der Waals surface area contributed by atoms with Gasteiger partial charge in [-0.15, -0.1) is 0 Å². The van der Waals surface area contributed by atoms with E-state index in [1.807, 2.05) is 32.0 Å². The third-order valence-corrected chi connectivity index (χ3v) is 4.59. The number of nitrogens with zero attached hydrogens (tertiary/aromatic N) is 1. The Morgan fingerprint density at radius 3 is 2.59 bits per heavy atom. The summed E-state index contributed by atoms with van der Waals surface area (Å²) >= 11 is 0. The zero-order valence-corrected chi connectivity index (χ0v) is 13.8. The zero-order chi connectivity index (χ0) is 16.1. The van der Waals surface area contributed by atoms with E-state index in [1.165, 1.54) is 0 Å². The van der Waals surface area contributed by atoms with Crippen molar-refractivity contribution in [3.8, 4) is 0 Å². The van der Waals surface area contributed by atoms with Gasteiger partial charge in [-0.2, -0.15) is 0 Å². The lowest BCUT2D eigenvalue weighted by Crippen LogP contribution is -2.27. The number of para-hydroxylation sites is 1. The number of nitro groups is 1. The van der Waals surface area contributed by atoms with Gasteiger partial charge in [-0.3, -0.25) is 10.1 Å². The van der Waals surface area contributed by atoms with Crippen LogP contribution in [0.15, 0.2) is 24.3 Å². The first-order chi connectivity index (χ1) is 10.6. The number of hydrogen-bond acceptors (Lipinski definition) is 2. The number of benzene rings is 1. The maximum atomic E-state index is 11.5. The van der Waals surface area contributed by atoms with Crippen LogP contribution in [-0.4, -0.2) is 15.9 Å². The summed E-state index contributed by atoms with van der Waals surface area (Å²) in [4.78, 5) is 14.9. The van der Waals surface area contributed by atoms with Crippen molar-refractivity contribution >= 4 is 10.9 Å². The molecule has 0 aliphatic rings. The van der Waals surface area contributed by atoms with Gasteiger partial charge in [0.05, 0.1) is 5.92 Å². The Morgan fingerprint density at radius 2 is 1.95 bits per heavy atom. The molecule has 0 aliphatic heterocycles. The van der Waals surface area contributed by atoms with Crippen LogP contribution >= 0.6 is 0 Å². The third kappa shape index (κ3) is 3.32. The minimum Gasteiger partial charge on any atom is -0.358 e. The third-order valence-electron chi connectivity index (χ3n) is 4.59. The quantitative estimate of drug-likeness (QED) is 0.414. The monoisotopic (exact) mass is 302 g/mol. The number of rotatable bonds is 8. The van der Waals surface area contributed by atoms with Crippen LogP contribution in [0.2, 0.25) is 0 Å². The minimum atomic E-state index is -0.505. The van der Waals surface area contributed by atoms with Crippen molar-refractivity contribution in [1.29, 1.82) is 0 Å². The first-order valence-corrected chi connectivity index (χ1v) is 8.30. The lowest BCUT2D eigenvalue weighted by atomic mass is 9.84. The summed E-state index contributed by atoms with van der Waals surface area (Å²) in [5.74, 6) is -0.0114. The van der Waals surface area contributed by atoms with Crippen molar-refractivity contribution in [3.05, 3.63) is 45.6 Å². The molecule has 0 fully saturated rings. The van der Waals surface area contributed by atoms with E-state index in [0.29, 0.717) is 6.42 Å². The molecule has 1 heterocycles. The Bertz CT molecular complexity index is 633. The largest absolute Gasteiger partial charge is 0.358 e. The van der Waals surface area contributed by atoms with Crippen LogP contribution in [0.3, 0.4) is 0 Å². The number of nitrogens with one attached hydrogen (secondary N) is 1. The number of fused-ring (bicyclic) bond motifs is 1. The second-order valence-electron chi connectivity index (χ2n) is 6.07. The van der Waals surface area contributed by atoms with Crippen molar-refractivity contribution in [2.75, 3.05) is 0 Å². The van der Waals surface area contributed by atoms with Crippen molar-refractivity contribution in [3.63, 3.8) is 0 Å². The molecule has 1 aromatic carbocycles. The predicted octanol–water partition coefficient (Wildman–Crippen LogP) is 5.20. The molecule has 0 amide bonds. The average Bonchev–Trinajstić information content (AvgIpc) is 2.82. The summed E-state index contributed by atoms with van der Waals surface area (Å²) in [5, 5.41) is 12.7. The molecule has 2 atom stereocenters. The molecule has 2 unspecified atom stereocenters.